The zero-order chi connectivity index (χ0) is 21.0. The highest BCUT2D eigenvalue weighted by molar-refractivity contribution is 7.98. The summed E-state index contributed by atoms with van der Waals surface area (Å²) in [5.41, 5.74) is -0.633. The zero-order valence-corrected chi connectivity index (χ0v) is 17.7. The smallest absolute Gasteiger partial charge is 0.416 e. The molecule has 162 valence electrons. The summed E-state index contributed by atoms with van der Waals surface area (Å²) in [5, 5.41) is 6.80. The van der Waals surface area contributed by atoms with Gasteiger partial charge in [0, 0.05) is 23.0 Å². The van der Waals surface area contributed by atoms with Crippen molar-refractivity contribution in [2.24, 2.45) is 0 Å². The van der Waals surface area contributed by atoms with Crippen LogP contribution in [0.25, 0.3) is 0 Å². The molecule has 1 aromatic carbocycles. The van der Waals surface area contributed by atoms with E-state index in [2.05, 4.69) is 10.6 Å². The van der Waals surface area contributed by atoms with Crippen molar-refractivity contribution in [2.75, 3.05) is 13.4 Å². The lowest BCUT2D eigenvalue weighted by Gasteiger charge is -2.35. The second-order valence-corrected chi connectivity index (χ2v) is 8.72. The first-order chi connectivity index (χ1) is 13.8. The molecule has 2 N–H and O–H groups in total. The van der Waals surface area contributed by atoms with Gasteiger partial charge in [0.05, 0.1) is 18.2 Å². The van der Waals surface area contributed by atoms with Gasteiger partial charge in [-0.3, -0.25) is 4.79 Å². The molecule has 0 spiro atoms. The highest BCUT2D eigenvalue weighted by atomic mass is 32.2. The highest BCUT2D eigenvalue weighted by Gasteiger charge is 2.35. The molecule has 2 saturated carbocycles. The molecule has 4 nitrogen and oxygen atoms in total. The van der Waals surface area contributed by atoms with Gasteiger partial charge in [0.25, 0.3) is 5.91 Å². The molecule has 29 heavy (non-hydrogen) atoms. The molecule has 2 atom stereocenters. The molecule has 0 saturated heterocycles. The lowest BCUT2D eigenvalue weighted by Crippen LogP contribution is -2.53. The van der Waals surface area contributed by atoms with Crippen LogP contribution in [0.2, 0.25) is 0 Å². The summed E-state index contributed by atoms with van der Waals surface area (Å²) in [5.74, 6) is -0.414. The summed E-state index contributed by atoms with van der Waals surface area (Å²) in [6.07, 6.45) is 6.01. The Morgan fingerprint density at radius 2 is 1.69 bits per heavy atom. The van der Waals surface area contributed by atoms with Crippen molar-refractivity contribution in [3.63, 3.8) is 0 Å². The third kappa shape index (κ3) is 5.40. The SMILES string of the molecule is COc1cc(C(F)(F)F)cc(SC)c1C(=O)N[C@@H]1CCCC[C@@H]1NC1CCCC1. The average molecular weight is 431 g/mol. The van der Waals surface area contributed by atoms with E-state index in [1.54, 1.807) is 6.26 Å². The molecule has 0 aliphatic heterocycles. The van der Waals surface area contributed by atoms with Gasteiger partial charge in [0.1, 0.15) is 5.75 Å². The van der Waals surface area contributed by atoms with E-state index in [4.69, 9.17) is 4.74 Å². The summed E-state index contributed by atoms with van der Waals surface area (Å²) in [7, 11) is 1.29. The van der Waals surface area contributed by atoms with Crippen LogP contribution in [0.5, 0.6) is 5.75 Å². The maximum Gasteiger partial charge on any atom is 0.416 e. The minimum absolute atomic E-state index is 0.0291. The number of carbonyl (C=O) groups excluding carboxylic acids is 1. The van der Waals surface area contributed by atoms with Crippen molar-refractivity contribution >= 4 is 17.7 Å². The van der Waals surface area contributed by atoms with Gasteiger partial charge in [-0.1, -0.05) is 25.7 Å². The molecule has 0 radical (unpaired) electrons. The zero-order valence-electron chi connectivity index (χ0n) is 16.9. The fraction of sp³-hybridized carbons (Fsp3) is 0.667. The number of amides is 1. The van der Waals surface area contributed by atoms with Gasteiger partial charge in [-0.25, -0.2) is 0 Å². The fourth-order valence-electron chi connectivity index (χ4n) is 4.44. The van der Waals surface area contributed by atoms with Crippen LogP contribution < -0.4 is 15.4 Å². The Hall–Kier alpha value is -1.41. The van der Waals surface area contributed by atoms with Gasteiger partial charge in [0.15, 0.2) is 0 Å². The van der Waals surface area contributed by atoms with Gasteiger partial charge in [0.2, 0.25) is 0 Å². The molecule has 1 amide bonds. The Labute approximate surface area is 174 Å². The Morgan fingerprint density at radius 1 is 1.07 bits per heavy atom. The minimum atomic E-state index is -4.49. The summed E-state index contributed by atoms with van der Waals surface area (Å²) in [4.78, 5) is 13.4. The van der Waals surface area contributed by atoms with Crippen LogP contribution in [-0.4, -0.2) is 37.4 Å². The highest BCUT2D eigenvalue weighted by Crippen LogP contribution is 2.38. The molecular weight excluding hydrogens is 401 g/mol. The van der Waals surface area contributed by atoms with Crippen LogP contribution in [0.4, 0.5) is 13.2 Å². The molecule has 2 aliphatic carbocycles. The van der Waals surface area contributed by atoms with E-state index in [-0.39, 0.29) is 34.2 Å². The Kier molecular flexibility index (Phi) is 7.37. The van der Waals surface area contributed by atoms with Crippen LogP contribution in [0.3, 0.4) is 0 Å². The van der Waals surface area contributed by atoms with Gasteiger partial charge in [-0.05, 0) is 44.1 Å². The van der Waals surface area contributed by atoms with E-state index >= 15 is 0 Å². The van der Waals surface area contributed by atoms with E-state index in [9.17, 15) is 18.0 Å². The van der Waals surface area contributed by atoms with Crippen LogP contribution in [0.1, 0.15) is 67.3 Å². The number of ether oxygens (including phenoxy) is 1. The molecule has 0 bridgehead atoms. The first-order valence-corrected chi connectivity index (χ1v) is 11.5. The first kappa shape index (κ1) is 22.3. The van der Waals surface area contributed by atoms with Crippen LogP contribution in [0, 0.1) is 0 Å². The van der Waals surface area contributed by atoms with E-state index < -0.39 is 11.7 Å². The van der Waals surface area contributed by atoms with E-state index in [1.807, 2.05) is 0 Å². The van der Waals surface area contributed by atoms with Crippen LogP contribution >= 0.6 is 11.8 Å². The van der Waals surface area contributed by atoms with Crippen molar-refractivity contribution < 1.29 is 22.7 Å². The van der Waals surface area contributed by atoms with Crippen LogP contribution in [-0.2, 0) is 6.18 Å². The number of thioether (sulfide) groups is 1. The van der Waals surface area contributed by atoms with Gasteiger partial charge >= 0.3 is 6.18 Å². The predicted molar refractivity (Wildman–Crippen MR) is 109 cm³/mol. The molecular formula is C21H29F3N2O2S. The van der Waals surface area contributed by atoms with Crippen molar-refractivity contribution in [1.29, 1.82) is 0 Å². The molecule has 8 heteroatoms. The topological polar surface area (TPSA) is 50.4 Å². The number of halogens is 3. The first-order valence-electron chi connectivity index (χ1n) is 10.2. The monoisotopic (exact) mass is 430 g/mol. The summed E-state index contributed by atoms with van der Waals surface area (Å²) in [6.45, 7) is 0. The molecule has 2 fully saturated rings. The lowest BCUT2D eigenvalue weighted by atomic mass is 9.89. The van der Waals surface area contributed by atoms with Crippen molar-refractivity contribution in [3.8, 4) is 5.75 Å². The minimum Gasteiger partial charge on any atom is -0.496 e. The third-order valence-electron chi connectivity index (χ3n) is 5.95. The number of methoxy groups -OCH3 is 1. The molecule has 0 aromatic heterocycles. The maximum atomic E-state index is 13.2. The van der Waals surface area contributed by atoms with Gasteiger partial charge in [-0.2, -0.15) is 13.2 Å². The normalized spacial score (nSPS) is 23.2. The second-order valence-electron chi connectivity index (χ2n) is 7.87. The summed E-state index contributed by atoms with van der Waals surface area (Å²) < 4.78 is 44.8. The number of nitrogens with one attached hydrogen (secondary N) is 2. The van der Waals surface area contributed by atoms with Crippen molar-refractivity contribution in [2.45, 2.75) is 80.6 Å². The Balaban J connectivity index is 1.81. The molecule has 3 rings (SSSR count). The van der Waals surface area contributed by atoms with Crippen molar-refractivity contribution in [3.05, 3.63) is 23.3 Å². The van der Waals surface area contributed by atoms with E-state index in [0.29, 0.717) is 6.04 Å². The van der Waals surface area contributed by atoms with Crippen molar-refractivity contribution in [1.82, 2.24) is 10.6 Å². The molecule has 0 unspecified atom stereocenters. The number of alkyl halides is 3. The number of hydrogen-bond donors (Lipinski definition) is 2. The standard InChI is InChI=1S/C21H29F3N2O2S/c1-28-17-11-13(21(22,23)24)12-18(29-2)19(17)20(27)26-16-10-6-5-9-15(16)25-14-7-3-4-8-14/h11-12,14-16,25H,3-10H2,1-2H3,(H,26,27)/t15-,16+/m0/s1. The van der Waals surface area contributed by atoms with Crippen LogP contribution in [0.15, 0.2) is 17.0 Å². The van der Waals surface area contributed by atoms with Gasteiger partial charge in [-0.15, -0.1) is 11.8 Å². The lowest BCUT2D eigenvalue weighted by molar-refractivity contribution is -0.137. The van der Waals surface area contributed by atoms with Gasteiger partial charge < -0.3 is 15.4 Å². The Morgan fingerprint density at radius 3 is 2.28 bits per heavy atom. The molecule has 0 heterocycles. The predicted octanol–water partition coefficient (Wildman–Crippen LogP) is 5.01. The number of carbonyl (C=O) groups is 1. The maximum absolute atomic E-state index is 13.2. The number of rotatable bonds is 6. The van der Waals surface area contributed by atoms with E-state index in [0.717, 1.165) is 49.6 Å². The van der Waals surface area contributed by atoms with E-state index in [1.165, 1.54) is 32.8 Å². The Bertz CT molecular complexity index is 695. The summed E-state index contributed by atoms with van der Waals surface area (Å²) >= 11 is 1.12. The average Bonchev–Trinajstić information content (AvgIpc) is 3.20. The number of benzene rings is 1. The molecule has 1 aromatic rings. The fourth-order valence-corrected chi connectivity index (χ4v) is 5.08. The quantitative estimate of drug-likeness (QED) is 0.623. The molecule has 2 aliphatic rings. The summed E-state index contributed by atoms with van der Waals surface area (Å²) in [6, 6.07) is 2.61. The largest absolute Gasteiger partial charge is 0.496 e. The third-order valence-corrected chi connectivity index (χ3v) is 6.71. The number of hydrogen-bond acceptors (Lipinski definition) is 4. The second kappa shape index (κ2) is 9.60.